The van der Waals surface area contributed by atoms with Gasteiger partial charge in [0.05, 0.1) is 12.0 Å². The zero-order chi connectivity index (χ0) is 22.5. The first-order chi connectivity index (χ1) is 15.4. The molecule has 0 N–H and O–H groups in total. The highest BCUT2D eigenvalue weighted by Gasteiger charge is 2.39. The molecule has 2 aliphatic rings. The molecule has 7 heteroatoms. The summed E-state index contributed by atoms with van der Waals surface area (Å²) in [5, 5.41) is 0. The van der Waals surface area contributed by atoms with Gasteiger partial charge in [0.15, 0.2) is 0 Å². The number of sulfonamides is 1. The summed E-state index contributed by atoms with van der Waals surface area (Å²) in [6.45, 7) is 3.36. The Morgan fingerprint density at radius 3 is 2.38 bits per heavy atom. The fraction of sp³-hybridized carbons (Fsp3) is 0.320. The van der Waals surface area contributed by atoms with Crippen LogP contribution in [0.25, 0.3) is 11.1 Å². The number of hydrogen-bond donors (Lipinski definition) is 0. The first kappa shape index (κ1) is 21.0. The molecule has 2 aliphatic heterocycles. The molecule has 6 nitrogen and oxygen atoms in total. The van der Waals surface area contributed by atoms with Gasteiger partial charge in [0.1, 0.15) is 5.75 Å². The number of ether oxygens (including phenoxy) is 1. The lowest BCUT2D eigenvalue weighted by Gasteiger charge is -2.42. The summed E-state index contributed by atoms with van der Waals surface area (Å²) < 4.78 is 35.2. The van der Waals surface area contributed by atoms with Gasteiger partial charge in [0, 0.05) is 36.8 Å². The fourth-order valence-electron chi connectivity index (χ4n) is 5.08. The molecule has 0 unspecified atom stereocenters. The van der Waals surface area contributed by atoms with Gasteiger partial charge in [-0.25, -0.2) is 8.42 Å². The summed E-state index contributed by atoms with van der Waals surface area (Å²) in [6.07, 6.45) is 0.901. The van der Waals surface area contributed by atoms with Crippen LogP contribution >= 0.6 is 0 Å². The van der Waals surface area contributed by atoms with E-state index in [1.54, 1.807) is 35.7 Å². The van der Waals surface area contributed by atoms with Gasteiger partial charge in [0.25, 0.3) is 5.56 Å². The van der Waals surface area contributed by atoms with Crippen molar-refractivity contribution in [2.24, 2.45) is 5.92 Å². The van der Waals surface area contributed by atoms with Crippen molar-refractivity contribution >= 4 is 10.0 Å². The highest BCUT2D eigenvalue weighted by atomic mass is 32.2. The Morgan fingerprint density at radius 2 is 1.66 bits per heavy atom. The Balaban J connectivity index is 1.48. The Labute approximate surface area is 188 Å². The van der Waals surface area contributed by atoms with E-state index in [2.05, 4.69) is 0 Å². The number of aryl methyl sites for hydroxylation is 1. The smallest absolute Gasteiger partial charge is 0.258 e. The summed E-state index contributed by atoms with van der Waals surface area (Å²) in [6, 6.07) is 18.3. The van der Waals surface area contributed by atoms with E-state index >= 15 is 0 Å². The zero-order valence-corrected chi connectivity index (χ0v) is 19.0. The summed E-state index contributed by atoms with van der Waals surface area (Å²) in [5.41, 5.74) is 3.66. The molecule has 3 aromatic rings. The predicted molar refractivity (Wildman–Crippen MR) is 123 cm³/mol. The van der Waals surface area contributed by atoms with Gasteiger partial charge < -0.3 is 9.30 Å². The van der Waals surface area contributed by atoms with Gasteiger partial charge in [-0.15, -0.1) is 0 Å². The van der Waals surface area contributed by atoms with E-state index in [4.69, 9.17) is 4.74 Å². The van der Waals surface area contributed by atoms with Crippen molar-refractivity contribution in [3.05, 3.63) is 82.3 Å². The fourth-order valence-corrected chi connectivity index (χ4v) is 6.64. The highest BCUT2D eigenvalue weighted by Crippen LogP contribution is 2.38. The summed E-state index contributed by atoms with van der Waals surface area (Å²) in [5.74, 6) is 0.741. The quantitative estimate of drug-likeness (QED) is 0.609. The van der Waals surface area contributed by atoms with E-state index in [1.807, 2.05) is 47.9 Å². The number of hydrogen-bond acceptors (Lipinski definition) is 4. The van der Waals surface area contributed by atoms with Crippen molar-refractivity contribution in [1.82, 2.24) is 8.87 Å². The average Bonchev–Trinajstić information content (AvgIpc) is 2.80. The van der Waals surface area contributed by atoms with Crippen molar-refractivity contribution in [3.8, 4) is 16.9 Å². The van der Waals surface area contributed by atoms with E-state index in [0.29, 0.717) is 30.9 Å². The van der Waals surface area contributed by atoms with E-state index < -0.39 is 10.0 Å². The van der Waals surface area contributed by atoms with Crippen LogP contribution < -0.4 is 10.3 Å². The van der Waals surface area contributed by atoms with Gasteiger partial charge in [-0.2, -0.15) is 4.31 Å². The van der Waals surface area contributed by atoms with Crippen LogP contribution in [0.3, 0.4) is 0 Å². The van der Waals surface area contributed by atoms with E-state index in [-0.39, 0.29) is 22.3 Å². The Kier molecular flexibility index (Phi) is 5.18. The van der Waals surface area contributed by atoms with Gasteiger partial charge in [-0.1, -0.05) is 24.3 Å². The van der Waals surface area contributed by atoms with E-state index in [9.17, 15) is 13.2 Å². The van der Waals surface area contributed by atoms with Crippen LogP contribution in [-0.4, -0.2) is 37.5 Å². The first-order valence-electron chi connectivity index (χ1n) is 10.8. The molecule has 0 amide bonds. The van der Waals surface area contributed by atoms with Crippen LogP contribution in [0, 0.1) is 12.8 Å². The molecule has 1 aromatic heterocycles. The first-order valence-corrected chi connectivity index (χ1v) is 12.3. The van der Waals surface area contributed by atoms with Crippen LogP contribution in [-0.2, 0) is 16.6 Å². The number of piperidine rings is 1. The Bertz CT molecular complexity index is 1330. The minimum Gasteiger partial charge on any atom is -0.497 e. The molecule has 1 fully saturated rings. The molecule has 3 heterocycles. The second kappa shape index (κ2) is 7.90. The second-order valence-corrected chi connectivity index (χ2v) is 10.6. The average molecular weight is 451 g/mol. The lowest BCUT2D eigenvalue weighted by molar-refractivity contribution is 0.186. The molecule has 2 aromatic carbocycles. The van der Waals surface area contributed by atoms with Gasteiger partial charge in [-0.3, -0.25) is 4.79 Å². The number of nitrogens with zero attached hydrogens (tertiary/aromatic N) is 2. The largest absolute Gasteiger partial charge is 0.497 e. The van der Waals surface area contributed by atoms with Crippen molar-refractivity contribution in [1.29, 1.82) is 0 Å². The third-order valence-electron chi connectivity index (χ3n) is 6.70. The maximum absolute atomic E-state index is 13.4. The van der Waals surface area contributed by atoms with Gasteiger partial charge in [0.2, 0.25) is 10.0 Å². The predicted octanol–water partition coefficient (Wildman–Crippen LogP) is 3.64. The maximum atomic E-state index is 13.4. The molecule has 0 aliphatic carbocycles. The molecule has 166 valence electrons. The van der Waals surface area contributed by atoms with Crippen molar-refractivity contribution in [3.63, 3.8) is 0 Å². The third-order valence-corrected chi connectivity index (χ3v) is 8.55. The normalized spacial score (nSPS) is 20.6. The molecule has 0 saturated carbocycles. The van der Waals surface area contributed by atoms with Crippen LogP contribution in [0.1, 0.15) is 23.6 Å². The lowest BCUT2D eigenvalue weighted by Crippen LogP contribution is -2.49. The third kappa shape index (κ3) is 3.45. The molecule has 2 bridgehead atoms. The van der Waals surface area contributed by atoms with Gasteiger partial charge >= 0.3 is 0 Å². The van der Waals surface area contributed by atoms with Crippen molar-refractivity contribution < 1.29 is 13.2 Å². The van der Waals surface area contributed by atoms with Crippen LogP contribution in [0.4, 0.5) is 0 Å². The number of pyridine rings is 1. The molecule has 5 rings (SSSR count). The Hall–Kier alpha value is -2.90. The molecular formula is C25H26N2O4S. The minimum atomic E-state index is -3.61. The summed E-state index contributed by atoms with van der Waals surface area (Å²) in [4.78, 5) is 13.6. The summed E-state index contributed by atoms with van der Waals surface area (Å²) >= 11 is 0. The number of benzene rings is 2. The standard InChI is InChI=1S/C25H26N2O4S/c1-17-5-3-4-6-22(17)23-11-12-24-19-13-18(15-27(24)25(23)28)14-26(16-19)32(29,30)21-9-7-20(31-2)8-10-21/h3-12,18-19H,13-16H2,1-2H3/t18-,19+/m0/s1. The van der Waals surface area contributed by atoms with E-state index in [0.717, 1.165) is 23.2 Å². The molecule has 0 spiro atoms. The number of fused-ring (bicyclic) bond motifs is 4. The minimum absolute atomic E-state index is 0.00847. The zero-order valence-electron chi connectivity index (χ0n) is 18.2. The number of aromatic nitrogens is 1. The van der Waals surface area contributed by atoms with E-state index in [1.165, 1.54) is 0 Å². The second-order valence-electron chi connectivity index (χ2n) is 8.70. The number of rotatable bonds is 4. The SMILES string of the molecule is COc1ccc(S(=O)(=O)N2C[C@@H]3C[C@H](C2)c2ccc(-c4ccccc4C)c(=O)n2C3)cc1. The monoisotopic (exact) mass is 450 g/mol. The Morgan fingerprint density at radius 1 is 0.906 bits per heavy atom. The van der Waals surface area contributed by atoms with Gasteiger partial charge in [-0.05, 0) is 66.8 Å². The molecule has 2 atom stereocenters. The summed E-state index contributed by atoms with van der Waals surface area (Å²) in [7, 11) is -2.05. The van der Waals surface area contributed by atoms with Crippen LogP contribution in [0.5, 0.6) is 5.75 Å². The topological polar surface area (TPSA) is 68.6 Å². The van der Waals surface area contributed by atoms with Crippen molar-refractivity contribution in [2.45, 2.75) is 30.7 Å². The van der Waals surface area contributed by atoms with Crippen LogP contribution in [0.15, 0.2) is 70.4 Å². The molecule has 32 heavy (non-hydrogen) atoms. The molecular weight excluding hydrogens is 424 g/mol. The maximum Gasteiger partial charge on any atom is 0.258 e. The molecule has 1 saturated heterocycles. The molecule has 0 radical (unpaired) electrons. The van der Waals surface area contributed by atoms with Crippen LogP contribution in [0.2, 0.25) is 0 Å². The highest BCUT2D eigenvalue weighted by molar-refractivity contribution is 7.89. The van der Waals surface area contributed by atoms with Crippen molar-refractivity contribution in [2.75, 3.05) is 20.2 Å². The lowest BCUT2D eigenvalue weighted by atomic mass is 9.83. The number of methoxy groups -OCH3 is 1.